The van der Waals surface area contributed by atoms with Crippen molar-refractivity contribution in [2.24, 2.45) is 0 Å². The highest BCUT2D eigenvalue weighted by Gasteiger charge is 2.02. The molecule has 0 aliphatic carbocycles. The van der Waals surface area contributed by atoms with Crippen molar-refractivity contribution in [3.05, 3.63) is 11.0 Å². The van der Waals surface area contributed by atoms with E-state index in [0.29, 0.717) is 9.77 Å². The van der Waals surface area contributed by atoms with E-state index in [9.17, 15) is 0 Å². The van der Waals surface area contributed by atoms with E-state index in [2.05, 4.69) is 6.07 Å². The number of hydrogen-bond acceptors (Lipinski definition) is 4. The van der Waals surface area contributed by atoms with Crippen molar-refractivity contribution in [2.45, 2.75) is 13.8 Å². The summed E-state index contributed by atoms with van der Waals surface area (Å²) in [4.78, 5) is 0. The summed E-state index contributed by atoms with van der Waals surface area (Å²) in [5.74, 6) is 1.90. The van der Waals surface area contributed by atoms with Crippen molar-refractivity contribution in [3.8, 4) is 6.07 Å². The molecular weight excluding hydrogens is 206 g/mol. The van der Waals surface area contributed by atoms with Crippen molar-refractivity contribution >= 4 is 39.9 Å². The molecule has 1 nitrogen and oxygen atoms in total. The lowest BCUT2D eigenvalue weighted by atomic mass is 10.4. The van der Waals surface area contributed by atoms with Crippen LogP contribution in [0.5, 0.6) is 0 Å². The van der Waals surface area contributed by atoms with E-state index < -0.39 is 0 Å². The van der Waals surface area contributed by atoms with Gasteiger partial charge in [-0.25, -0.2) is 0 Å². The van der Waals surface area contributed by atoms with Gasteiger partial charge in [-0.3, -0.25) is 0 Å². The topological polar surface area (TPSA) is 23.8 Å². The van der Waals surface area contributed by atoms with E-state index in [0.717, 1.165) is 11.5 Å². The summed E-state index contributed by atoms with van der Waals surface area (Å²) in [6, 6.07) is 2.10. The Balaban J connectivity index is 4.16. The Bertz CT molecular complexity index is 215. The first kappa shape index (κ1) is 12.0. The first-order valence-corrected chi connectivity index (χ1v) is 6.09. The maximum absolute atomic E-state index is 8.72. The zero-order valence-electron chi connectivity index (χ0n) is 7.16. The van der Waals surface area contributed by atoms with Crippen LogP contribution in [-0.2, 0) is 0 Å². The fourth-order valence-corrected chi connectivity index (χ4v) is 2.13. The third-order valence-corrected chi connectivity index (χ3v) is 3.06. The van der Waals surface area contributed by atoms with Gasteiger partial charge in [-0.1, -0.05) is 26.1 Å². The van der Waals surface area contributed by atoms with E-state index in [-0.39, 0.29) is 0 Å². The minimum Gasteiger partial charge on any atom is -0.192 e. The molecule has 0 aromatic rings. The van der Waals surface area contributed by atoms with E-state index in [1.165, 1.54) is 0 Å². The molecule has 4 heteroatoms. The van der Waals surface area contributed by atoms with Gasteiger partial charge in [0.2, 0.25) is 0 Å². The molecule has 0 bridgehead atoms. The molecule has 0 aliphatic rings. The van der Waals surface area contributed by atoms with Crippen molar-refractivity contribution in [2.75, 3.05) is 11.5 Å². The van der Waals surface area contributed by atoms with Gasteiger partial charge in [0.25, 0.3) is 0 Å². The van der Waals surface area contributed by atoms with Crippen molar-refractivity contribution < 1.29 is 0 Å². The molecule has 0 aliphatic heterocycles. The molecule has 0 amide bonds. The van der Waals surface area contributed by atoms with Crippen molar-refractivity contribution in [1.29, 1.82) is 5.26 Å². The first-order chi connectivity index (χ1) is 5.76. The third kappa shape index (κ3) is 4.81. The number of thiocarbonyl (C=S) groups is 1. The predicted octanol–water partition coefficient (Wildman–Crippen LogP) is 3.23. The second-order valence-electron chi connectivity index (χ2n) is 1.82. The van der Waals surface area contributed by atoms with E-state index in [1.807, 2.05) is 19.3 Å². The standard InChI is InChI=1S/C8H11NS3/c1-3-11-6-7(5-9)8(10)12-4-2/h6H,3-4H2,1-2H3. The Morgan fingerprint density at radius 1 is 1.50 bits per heavy atom. The fraction of sp³-hybridized carbons (Fsp3) is 0.500. The van der Waals surface area contributed by atoms with Crippen LogP contribution >= 0.6 is 35.7 Å². The summed E-state index contributed by atoms with van der Waals surface area (Å²) < 4.78 is 0.709. The van der Waals surface area contributed by atoms with Crippen molar-refractivity contribution in [1.82, 2.24) is 0 Å². The van der Waals surface area contributed by atoms with E-state index in [4.69, 9.17) is 17.5 Å². The van der Waals surface area contributed by atoms with Gasteiger partial charge in [-0.2, -0.15) is 5.26 Å². The molecule has 12 heavy (non-hydrogen) atoms. The van der Waals surface area contributed by atoms with Crippen LogP contribution in [0.1, 0.15) is 13.8 Å². The number of thioether (sulfide) groups is 2. The quantitative estimate of drug-likeness (QED) is 0.410. The minimum absolute atomic E-state index is 0.628. The summed E-state index contributed by atoms with van der Waals surface area (Å²) in [7, 11) is 0. The first-order valence-electron chi connectivity index (χ1n) is 3.65. The van der Waals surface area contributed by atoms with Crippen LogP contribution in [-0.4, -0.2) is 15.7 Å². The molecule has 0 saturated carbocycles. The normalized spacial score (nSPS) is 10.9. The van der Waals surface area contributed by atoms with Gasteiger partial charge < -0.3 is 0 Å². The largest absolute Gasteiger partial charge is 0.192 e. The van der Waals surface area contributed by atoms with Crippen LogP contribution in [0, 0.1) is 11.3 Å². The van der Waals surface area contributed by atoms with E-state index >= 15 is 0 Å². The predicted molar refractivity (Wildman–Crippen MR) is 62.6 cm³/mol. The molecule has 0 spiro atoms. The molecule has 0 radical (unpaired) electrons. The number of hydrogen-bond donors (Lipinski definition) is 0. The van der Waals surface area contributed by atoms with Crippen LogP contribution in [0.25, 0.3) is 0 Å². The Morgan fingerprint density at radius 3 is 2.58 bits per heavy atom. The average Bonchev–Trinajstić information content (AvgIpc) is 2.06. The second-order valence-corrected chi connectivity index (χ2v) is 4.91. The van der Waals surface area contributed by atoms with Crippen LogP contribution in [0.3, 0.4) is 0 Å². The van der Waals surface area contributed by atoms with Crippen LogP contribution in [0.4, 0.5) is 0 Å². The van der Waals surface area contributed by atoms with E-state index in [1.54, 1.807) is 23.5 Å². The smallest absolute Gasteiger partial charge is 0.102 e. The second kappa shape index (κ2) is 7.66. The summed E-state index contributed by atoms with van der Waals surface area (Å²) in [5, 5.41) is 10.6. The maximum atomic E-state index is 8.72. The molecule has 0 N–H and O–H groups in total. The molecule has 0 fully saturated rings. The molecule has 0 aromatic carbocycles. The number of nitriles is 1. The van der Waals surface area contributed by atoms with Crippen LogP contribution < -0.4 is 0 Å². The summed E-state index contributed by atoms with van der Waals surface area (Å²) in [6.07, 6.45) is 0. The van der Waals surface area contributed by atoms with Gasteiger partial charge in [0.05, 0.1) is 9.77 Å². The van der Waals surface area contributed by atoms with Crippen LogP contribution in [0.15, 0.2) is 11.0 Å². The zero-order valence-corrected chi connectivity index (χ0v) is 9.61. The highest BCUT2D eigenvalue weighted by molar-refractivity contribution is 8.23. The Labute approximate surface area is 87.6 Å². The third-order valence-electron chi connectivity index (χ3n) is 0.984. The molecule has 0 heterocycles. The number of rotatable bonds is 4. The highest BCUT2D eigenvalue weighted by atomic mass is 32.2. The number of nitrogens with zero attached hydrogens (tertiary/aromatic N) is 1. The molecule has 0 atom stereocenters. The lowest BCUT2D eigenvalue weighted by molar-refractivity contribution is 1.52. The van der Waals surface area contributed by atoms with Gasteiger partial charge in [-0.15, -0.1) is 23.5 Å². The van der Waals surface area contributed by atoms with Gasteiger partial charge in [0, 0.05) is 0 Å². The molecule has 0 aromatic heterocycles. The van der Waals surface area contributed by atoms with Gasteiger partial charge in [-0.05, 0) is 16.9 Å². The molecule has 66 valence electrons. The average molecular weight is 217 g/mol. The van der Waals surface area contributed by atoms with Gasteiger partial charge >= 0.3 is 0 Å². The van der Waals surface area contributed by atoms with Crippen molar-refractivity contribution in [3.63, 3.8) is 0 Å². The van der Waals surface area contributed by atoms with Crippen LogP contribution in [0.2, 0.25) is 0 Å². The summed E-state index contributed by atoms with van der Waals surface area (Å²) in [5.41, 5.74) is 0.628. The fourth-order valence-electron chi connectivity index (χ4n) is 0.496. The highest BCUT2D eigenvalue weighted by Crippen LogP contribution is 2.15. The Hall–Kier alpha value is 0.0200. The minimum atomic E-state index is 0.628. The SMILES string of the molecule is CCSC=C(C#N)C(=S)SCC. The molecule has 0 rings (SSSR count). The Kier molecular flexibility index (Phi) is 7.67. The molecule has 0 saturated heterocycles. The van der Waals surface area contributed by atoms with Gasteiger partial charge in [0.1, 0.15) is 6.07 Å². The lowest BCUT2D eigenvalue weighted by Crippen LogP contribution is -1.91. The molecular formula is C8H11NS3. The molecule has 0 unspecified atom stereocenters. The lowest BCUT2D eigenvalue weighted by Gasteiger charge is -1.97. The van der Waals surface area contributed by atoms with Gasteiger partial charge in [0.15, 0.2) is 0 Å². The maximum Gasteiger partial charge on any atom is 0.102 e. The summed E-state index contributed by atoms with van der Waals surface area (Å²) >= 11 is 8.20. The Morgan fingerprint density at radius 2 is 2.17 bits per heavy atom. The monoisotopic (exact) mass is 217 g/mol. The summed E-state index contributed by atoms with van der Waals surface area (Å²) in [6.45, 7) is 4.07. The zero-order chi connectivity index (χ0) is 9.40.